The van der Waals surface area contributed by atoms with Gasteiger partial charge in [0.1, 0.15) is 16.9 Å². The van der Waals surface area contributed by atoms with Crippen LogP contribution >= 0.6 is 30.8 Å². The Morgan fingerprint density at radius 2 is 1.69 bits per heavy atom. The van der Waals surface area contributed by atoms with E-state index in [2.05, 4.69) is 46.5 Å². The molecule has 5 rings (SSSR count). The summed E-state index contributed by atoms with van der Waals surface area (Å²) in [5.74, 6) is 6.55. The molecule has 2 aromatic carbocycles. The molecule has 3 heterocycles. The van der Waals surface area contributed by atoms with E-state index in [4.69, 9.17) is 35.3 Å². The van der Waals surface area contributed by atoms with Crippen molar-refractivity contribution in [2.75, 3.05) is 11.9 Å². The summed E-state index contributed by atoms with van der Waals surface area (Å²) in [5, 5.41) is 24.5. The molecule has 16 heteroatoms. The summed E-state index contributed by atoms with van der Waals surface area (Å²) < 4.78 is 33.3. The lowest BCUT2D eigenvalue weighted by Gasteiger charge is -2.31. The van der Waals surface area contributed by atoms with Gasteiger partial charge in [-0.25, -0.2) is 9.36 Å². The molecule has 0 radical (unpaired) electrons. The van der Waals surface area contributed by atoms with Gasteiger partial charge in [0, 0.05) is 32.3 Å². The maximum atomic E-state index is 13.9. The fourth-order valence-corrected chi connectivity index (χ4v) is 8.70. The van der Waals surface area contributed by atoms with Crippen LogP contribution in [-0.4, -0.2) is 55.3 Å². The maximum Gasteiger partial charge on any atom is 0.476 e. The monoisotopic (exact) mass is 794 g/mol. The first kappa shape index (κ1) is 40.8. The van der Waals surface area contributed by atoms with Gasteiger partial charge in [-0.3, -0.25) is 27.9 Å². The van der Waals surface area contributed by atoms with E-state index in [0.717, 1.165) is 32.3 Å². The number of hydrogen-bond acceptors (Lipinski definition) is 10. The van der Waals surface area contributed by atoms with Crippen molar-refractivity contribution in [1.29, 1.82) is 0 Å². The summed E-state index contributed by atoms with van der Waals surface area (Å²) in [6.45, 7) is 16.0. The molecule has 0 fully saturated rings. The van der Waals surface area contributed by atoms with E-state index < -0.39 is 31.2 Å². The molecule has 1 aliphatic rings. The number of carbonyl (C=O) groups is 2. The number of amides is 2. The molecule has 0 spiro atoms. The quantitative estimate of drug-likeness (QED) is 0.105. The molecule has 54 heavy (non-hydrogen) atoms. The van der Waals surface area contributed by atoms with Gasteiger partial charge in [-0.05, 0) is 104 Å². The third-order valence-corrected chi connectivity index (χ3v) is 11.3. The fraction of sp³-hybridized carbons (Fsp3) is 0.395. The van der Waals surface area contributed by atoms with E-state index in [1.165, 1.54) is 0 Å². The number of aryl methyl sites for hydroxylation is 2. The minimum Gasteiger partial charge on any atom is -0.465 e. The molecule has 0 aliphatic carbocycles. The van der Waals surface area contributed by atoms with Crippen LogP contribution in [0.4, 0.5) is 10.5 Å². The van der Waals surface area contributed by atoms with Crippen LogP contribution in [0.5, 0.6) is 0 Å². The van der Waals surface area contributed by atoms with Gasteiger partial charge in [0.2, 0.25) is 5.91 Å². The first-order valence-corrected chi connectivity index (χ1v) is 19.8. The third-order valence-electron chi connectivity index (χ3n) is 7.83. The first-order chi connectivity index (χ1) is 25.2. The zero-order valence-electron chi connectivity index (χ0n) is 31.7. The number of carbonyl (C=O) groups excluding carboxylic acids is 1. The molecule has 0 saturated carbocycles. The van der Waals surface area contributed by atoms with E-state index in [1.807, 2.05) is 35.8 Å². The Labute approximate surface area is 324 Å². The largest absolute Gasteiger partial charge is 0.476 e. The van der Waals surface area contributed by atoms with Crippen LogP contribution in [0.1, 0.15) is 98.3 Å². The molecule has 0 unspecified atom stereocenters. The second-order valence-electron chi connectivity index (χ2n) is 14.6. The number of aliphatic imine (C=N–C) groups is 1. The Balaban J connectivity index is 1.47. The molecule has 4 aromatic rings. The zero-order chi connectivity index (χ0) is 39.6. The SMILES string of the molecule is Cc1sc2c(c1C)C(c1ccc(Cl)cc1)=N[C@@H](CC(=O)Nc1ccc(C#CCNC(=O)O)c(COP(=O)(OC(C)(C)C)OC(C)(C)C)c1)c1nnc(C)n1-2. The van der Waals surface area contributed by atoms with Crippen molar-refractivity contribution in [3.63, 3.8) is 0 Å². The lowest BCUT2D eigenvalue weighted by atomic mass is 9.99. The van der Waals surface area contributed by atoms with Crippen LogP contribution in [0.25, 0.3) is 5.00 Å². The maximum absolute atomic E-state index is 13.9. The summed E-state index contributed by atoms with van der Waals surface area (Å²) in [7, 11) is -4.12. The summed E-state index contributed by atoms with van der Waals surface area (Å²) in [6.07, 6.45) is -1.28. The minimum atomic E-state index is -4.12. The highest BCUT2D eigenvalue weighted by molar-refractivity contribution is 7.48. The Morgan fingerprint density at radius 3 is 2.31 bits per heavy atom. The van der Waals surface area contributed by atoms with Gasteiger partial charge in [0.25, 0.3) is 0 Å². The number of fused-ring (bicyclic) bond motifs is 3. The summed E-state index contributed by atoms with van der Waals surface area (Å²) in [6, 6.07) is 11.7. The van der Waals surface area contributed by atoms with Crippen LogP contribution < -0.4 is 10.6 Å². The molecule has 1 atom stereocenters. The number of benzene rings is 2. The third kappa shape index (κ3) is 10.2. The topological polar surface area (TPSA) is 166 Å². The number of phosphoric acid groups is 1. The van der Waals surface area contributed by atoms with E-state index in [0.29, 0.717) is 33.5 Å². The zero-order valence-corrected chi connectivity index (χ0v) is 34.1. The Morgan fingerprint density at radius 1 is 1.02 bits per heavy atom. The molecular weight excluding hydrogens is 751 g/mol. The van der Waals surface area contributed by atoms with Crippen molar-refractivity contribution in [2.24, 2.45) is 4.99 Å². The van der Waals surface area contributed by atoms with Crippen LogP contribution in [-0.2, 0) is 29.5 Å². The smallest absolute Gasteiger partial charge is 0.465 e. The first-order valence-electron chi connectivity index (χ1n) is 17.1. The number of nitrogens with one attached hydrogen (secondary N) is 2. The predicted molar refractivity (Wildman–Crippen MR) is 210 cm³/mol. The normalized spacial score (nSPS) is 14.3. The minimum absolute atomic E-state index is 0.0650. The van der Waals surface area contributed by atoms with E-state index in [9.17, 15) is 14.2 Å². The number of nitrogens with zero attached hydrogens (tertiary/aromatic N) is 4. The molecule has 2 aromatic heterocycles. The summed E-state index contributed by atoms with van der Waals surface area (Å²) >= 11 is 7.87. The van der Waals surface area contributed by atoms with Crippen molar-refractivity contribution < 1.29 is 32.8 Å². The average Bonchev–Trinajstić information content (AvgIpc) is 3.53. The fourth-order valence-electron chi connectivity index (χ4n) is 5.58. The Hall–Kier alpha value is -4.35. The highest BCUT2D eigenvalue weighted by Gasteiger charge is 2.37. The number of rotatable bonds is 10. The number of carboxylic acid groups (broad SMARTS) is 1. The van der Waals surface area contributed by atoms with Gasteiger partial charge in [-0.15, -0.1) is 21.5 Å². The number of hydrogen-bond donors (Lipinski definition) is 3. The van der Waals surface area contributed by atoms with E-state index in [1.54, 1.807) is 71.1 Å². The molecular formula is C38H44ClN6O7PS. The highest BCUT2D eigenvalue weighted by atomic mass is 35.5. The molecule has 3 N–H and O–H groups in total. The summed E-state index contributed by atoms with van der Waals surface area (Å²) in [5.41, 5.74) is 3.21. The molecule has 0 bridgehead atoms. The van der Waals surface area contributed by atoms with Crippen LogP contribution in [0.15, 0.2) is 47.5 Å². The number of thiophene rings is 1. The number of phosphoric ester groups is 1. The van der Waals surface area contributed by atoms with Crippen molar-refractivity contribution in [3.05, 3.63) is 91.8 Å². The van der Waals surface area contributed by atoms with E-state index >= 15 is 0 Å². The lowest BCUT2D eigenvalue weighted by molar-refractivity contribution is -0.116. The molecule has 13 nitrogen and oxygen atoms in total. The van der Waals surface area contributed by atoms with Crippen molar-refractivity contribution in [1.82, 2.24) is 20.1 Å². The predicted octanol–water partition coefficient (Wildman–Crippen LogP) is 8.70. The number of aromatic nitrogens is 3. The van der Waals surface area contributed by atoms with Gasteiger partial charge in [0.05, 0.1) is 36.5 Å². The molecule has 1 aliphatic heterocycles. The number of halogens is 1. The lowest BCUT2D eigenvalue weighted by Crippen LogP contribution is -2.24. The summed E-state index contributed by atoms with van der Waals surface area (Å²) in [4.78, 5) is 31.1. The van der Waals surface area contributed by atoms with Gasteiger partial charge in [-0.1, -0.05) is 35.6 Å². The molecule has 286 valence electrons. The van der Waals surface area contributed by atoms with Crippen molar-refractivity contribution >= 4 is 54.2 Å². The van der Waals surface area contributed by atoms with Gasteiger partial charge >= 0.3 is 13.9 Å². The number of anilines is 1. The van der Waals surface area contributed by atoms with Crippen LogP contribution in [0.2, 0.25) is 5.02 Å². The van der Waals surface area contributed by atoms with Gasteiger partial charge in [0.15, 0.2) is 5.82 Å². The van der Waals surface area contributed by atoms with Crippen molar-refractivity contribution in [3.8, 4) is 16.8 Å². The average molecular weight is 795 g/mol. The second kappa shape index (κ2) is 16.2. The Kier molecular flexibility index (Phi) is 12.2. The molecule has 0 saturated heterocycles. The second-order valence-corrected chi connectivity index (χ2v) is 17.8. The van der Waals surface area contributed by atoms with Crippen LogP contribution in [0, 0.1) is 32.6 Å². The van der Waals surface area contributed by atoms with Gasteiger partial charge in [-0.2, -0.15) is 0 Å². The van der Waals surface area contributed by atoms with Gasteiger partial charge < -0.3 is 15.7 Å². The molecule has 2 amide bonds. The van der Waals surface area contributed by atoms with Crippen molar-refractivity contribution in [2.45, 2.75) is 92.6 Å². The standard InChI is InChI=1S/C38H44ClN6O7PS/c1-22-23(2)54-35-32(22)33(26-12-15-28(39)16-13-26)42-30(34-44-43-24(3)45(34)35)20-31(46)41-29-17-14-25(11-10-18-40-36(47)48)27(19-29)21-50-53(49,51-37(4,5)6)52-38(7,8)9/h12-17,19,30,40H,18,20-21H2,1-9H3,(H,41,46)(H,47,48)/t30-/m0/s1. The van der Waals surface area contributed by atoms with Crippen LogP contribution in [0.3, 0.4) is 0 Å². The Bertz CT molecular complexity index is 2190. The van der Waals surface area contributed by atoms with E-state index in [-0.39, 0.29) is 25.5 Å². The highest BCUT2D eigenvalue weighted by Crippen LogP contribution is 2.56.